The third kappa shape index (κ3) is 3.31. The molecule has 0 amide bonds. The molecule has 2 aliphatic carbocycles. The molecule has 0 atom stereocenters. The van der Waals surface area contributed by atoms with Gasteiger partial charge in [-0.05, 0) is 38.0 Å². The Hall–Kier alpha value is -0.990. The largest absolute Gasteiger partial charge is 0.356 e. The highest BCUT2D eigenvalue weighted by Crippen LogP contribution is 2.37. The average molecular weight is 261 g/mol. The summed E-state index contributed by atoms with van der Waals surface area (Å²) in [5, 5.41) is 3.57. The Labute approximate surface area is 116 Å². The van der Waals surface area contributed by atoms with Crippen molar-refractivity contribution in [1.29, 1.82) is 0 Å². The molecule has 1 heterocycles. The first-order valence-electron chi connectivity index (χ1n) is 8.01. The highest BCUT2D eigenvalue weighted by molar-refractivity contribution is 5.30. The van der Waals surface area contributed by atoms with Crippen molar-refractivity contribution in [2.75, 3.05) is 11.9 Å². The van der Waals surface area contributed by atoms with Gasteiger partial charge < -0.3 is 9.88 Å². The lowest BCUT2D eigenvalue weighted by Crippen LogP contribution is -2.16. The summed E-state index contributed by atoms with van der Waals surface area (Å²) in [6.45, 7) is 5.57. The van der Waals surface area contributed by atoms with Gasteiger partial charge in [0.05, 0.1) is 5.69 Å². The topological polar surface area (TPSA) is 29.9 Å². The monoisotopic (exact) mass is 261 g/mol. The van der Waals surface area contributed by atoms with Gasteiger partial charge in [0.1, 0.15) is 0 Å². The van der Waals surface area contributed by atoms with Gasteiger partial charge in [0.2, 0.25) is 5.95 Å². The van der Waals surface area contributed by atoms with E-state index in [1.54, 1.807) is 0 Å². The van der Waals surface area contributed by atoms with E-state index in [9.17, 15) is 0 Å². The van der Waals surface area contributed by atoms with Crippen LogP contribution in [0.15, 0.2) is 6.20 Å². The summed E-state index contributed by atoms with van der Waals surface area (Å²) in [6.07, 6.45) is 11.9. The van der Waals surface area contributed by atoms with Crippen molar-refractivity contribution in [2.24, 2.45) is 11.8 Å². The lowest BCUT2D eigenvalue weighted by Gasteiger charge is -2.26. The van der Waals surface area contributed by atoms with Crippen LogP contribution in [0.4, 0.5) is 5.95 Å². The molecule has 2 saturated carbocycles. The summed E-state index contributed by atoms with van der Waals surface area (Å²) in [5.41, 5.74) is 1.14. The van der Waals surface area contributed by atoms with Gasteiger partial charge in [0, 0.05) is 18.8 Å². The fourth-order valence-corrected chi connectivity index (χ4v) is 3.28. The number of nitrogens with zero attached hydrogens (tertiary/aromatic N) is 2. The van der Waals surface area contributed by atoms with Crippen molar-refractivity contribution in [3.8, 4) is 0 Å². The lowest BCUT2D eigenvalue weighted by atomic mass is 9.81. The van der Waals surface area contributed by atoms with E-state index in [4.69, 9.17) is 0 Å². The van der Waals surface area contributed by atoms with Crippen LogP contribution in [0, 0.1) is 18.8 Å². The molecule has 2 fully saturated rings. The molecule has 1 N–H and O–H groups in total. The van der Waals surface area contributed by atoms with Crippen molar-refractivity contribution in [2.45, 2.75) is 64.8 Å². The van der Waals surface area contributed by atoms with Gasteiger partial charge in [-0.15, -0.1) is 0 Å². The number of aryl methyl sites for hydroxylation is 1. The van der Waals surface area contributed by atoms with E-state index < -0.39 is 0 Å². The second-order valence-corrected chi connectivity index (χ2v) is 6.69. The minimum Gasteiger partial charge on any atom is -0.356 e. The Balaban J connectivity index is 1.47. The van der Waals surface area contributed by atoms with Crippen LogP contribution in [0.3, 0.4) is 0 Å². The highest BCUT2D eigenvalue weighted by Gasteiger charge is 2.26. The van der Waals surface area contributed by atoms with Crippen LogP contribution in [-0.4, -0.2) is 16.1 Å². The van der Waals surface area contributed by atoms with Crippen molar-refractivity contribution in [3.63, 3.8) is 0 Å². The molecule has 0 radical (unpaired) electrons. The van der Waals surface area contributed by atoms with E-state index in [1.165, 1.54) is 44.9 Å². The first kappa shape index (κ1) is 13.0. The Morgan fingerprint density at radius 1 is 1.21 bits per heavy atom. The molecule has 1 aromatic rings. The molecule has 0 aliphatic heterocycles. The highest BCUT2D eigenvalue weighted by atomic mass is 15.2. The zero-order valence-electron chi connectivity index (χ0n) is 12.4. The van der Waals surface area contributed by atoms with Crippen molar-refractivity contribution < 1.29 is 0 Å². The van der Waals surface area contributed by atoms with E-state index in [1.807, 2.05) is 0 Å². The molecule has 3 rings (SSSR count). The molecule has 0 aromatic carbocycles. The van der Waals surface area contributed by atoms with E-state index in [2.05, 4.69) is 34.9 Å². The first-order chi connectivity index (χ1) is 9.22. The third-order valence-corrected chi connectivity index (χ3v) is 4.76. The molecule has 1 aromatic heterocycles. The Morgan fingerprint density at radius 3 is 2.63 bits per heavy atom. The maximum absolute atomic E-state index is 4.62. The standard InChI is InChI=1S/C16H27N3/c1-12-3-5-14(6-4-12)9-10-17-16-18-13(2)11-19(16)15-7-8-15/h11-12,14-15H,3-10H2,1-2H3,(H,17,18). The smallest absolute Gasteiger partial charge is 0.203 e. The van der Waals surface area contributed by atoms with Gasteiger partial charge in [-0.2, -0.15) is 0 Å². The lowest BCUT2D eigenvalue weighted by molar-refractivity contribution is 0.281. The number of nitrogens with one attached hydrogen (secondary N) is 1. The first-order valence-corrected chi connectivity index (χ1v) is 8.01. The molecule has 0 spiro atoms. The Bertz CT molecular complexity index is 412. The summed E-state index contributed by atoms with van der Waals surface area (Å²) in [5.74, 6) is 3.00. The summed E-state index contributed by atoms with van der Waals surface area (Å²) in [7, 11) is 0. The van der Waals surface area contributed by atoms with Gasteiger partial charge in [-0.25, -0.2) is 4.98 Å². The predicted octanol–water partition coefficient (Wildman–Crippen LogP) is 4.15. The van der Waals surface area contributed by atoms with Gasteiger partial charge in [-0.1, -0.05) is 32.6 Å². The maximum atomic E-state index is 4.62. The minimum absolute atomic E-state index is 0.722. The molecular weight excluding hydrogens is 234 g/mol. The molecule has 0 saturated heterocycles. The molecule has 19 heavy (non-hydrogen) atoms. The van der Waals surface area contributed by atoms with Gasteiger partial charge >= 0.3 is 0 Å². The predicted molar refractivity (Wildman–Crippen MR) is 79.5 cm³/mol. The second-order valence-electron chi connectivity index (χ2n) is 6.69. The molecule has 3 nitrogen and oxygen atoms in total. The molecule has 0 bridgehead atoms. The quantitative estimate of drug-likeness (QED) is 0.862. The van der Waals surface area contributed by atoms with Crippen LogP contribution >= 0.6 is 0 Å². The number of hydrogen-bond donors (Lipinski definition) is 1. The number of anilines is 1. The van der Waals surface area contributed by atoms with E-state index >= 15 is 0 Å². The number of hydrogen-bond acceptors (Lipinski definition) is 2. The zero-order chi connectivity index (χ0) is 13.2. The average Bonchev–Trinajstić information content (AvgIpc) is 3.16. The summed E-state index contributed by atoms with van der Waals surface area (Å²) >= 11 is 0. The van der Waals surface area contributed by atoms with E-state index in [0.717, 1.165) is 36.1 Å². The summed E-state index contributed by atoms with van der Waals surface area (Å²) in [6, 6.07) is 0.722. The molecule has 106 valence electrons. The number of aromatic nitrogens is 2. The van der Waals surface area contributed by atoms with Crippen LogP contribution in [0.5, 0.6) is 0 Å². The molecule has 0 unspecified atom stereocenters. The fraction of sp³-hybridized carbons (Fsp3) is 0.812. The fourth-order valence-electron chi connectivity index (χ4n) is 3.28. The van der Waals surface area contributed by atoms with Gasteiger partial charge in [0.25, 0.3) is 0 Å². The van der Waals surface area contributed by atoms with Crippen LogP contribution in [0.2, 0.25) is 0 Å². The van der Waals surface area contributed by atoms with Crippen molar-refractivity contribution >= 4 is 5.95 Å². The normalized spacial score (nSPS) is 27.5. The molecular formula is C16H27N3. The van der Waals surface area contributed by atoms with Crippen LogP contribution in [-0.2, 0) is 0 Å². The van der Waals surface area contributed by atoms with Gasteiger partial charge in [0.15, 0.2) is 0 Å². The van der Waals surface area contributed by atoms with E-state index in [0.29, 0.717) is 0 Å². The number of rotatable bonds is 5. The SMILES string of the molecule is Cc1cn(C2CC2)c(NCCC2CCC(C)CC2)n1. The Kier molecular flexibility index (Phi) is 3.81. The minimum atomic E-state index is 0.722. The zero-order valence-corrected chi connectivity index (χ0v) is 12.4. The van der Waals surface area contributed by atoms with Gasteiger partial charge in [-0.3, -0.25) is 0 Å². The van der Waals surface area contributed by atoms with Crippen molar-refractivity contribution in [1.82, 2.24) is 9.55 Å². The number of imidazole rings is 1. The maximum Gasteiger partial charge on any atom is 0.203 e. The third-order valence-electron chi connectivity index (χ3n) is 4.76. The molecule has 2 aliphatic rings. The van der Waals surface area contributed by atoms with E-state index in [-0.39, 0.29) is 0 Å². The second kappa shape index (κ2) is 5.56. The van der Waals surface area contributed by atoms with Crippen LogP contribution in [0.1, 0.15) is 63.6 Å². The van der Waals surface area contributed by atoms with Crippen LogP contribution in [0.25, 0.3) is 0 Å². The van der Waals surface area contributed by atoms with Crippen LogP contribution < -0.4 is 5.32 Å². The summed E-state index contributed by atoms with van der Waals surface area (Å²) < 4.78 is 2.35. The Morgan fingerprint density at radius 2 is 1.95 bits per heavy atom. The summed E-state index contributed by atoms with van der Waals surface area (Å²) in [4.78, 5) is 4.62. The molecule has 3 heteroatoms. The van der Waals surface area contributed by atoms with Crippen molar-refractivity contribution in [3.05, 3.63) is 11.9 Å².